The number of nitrogens with one attached hydrogen (secondary N) is 2. The van der Waals surface area contributed by atoms with E-state index >= 15 is 0 Å². The highest BCUT2D eigenvalue weighted by Gasteiger charge is 2.25. The molecule has 0 radical (unpaired) electrons. The van der Waals surface area contributed by atoms with Crippen molar-refractivity contribution in [2.75, 3.05) is 25.1 Å². The minimum atomic E-state index is -0.321. The molecule has 0 spiro atoms. The Morgan fingerprint density at radius 3 is 2.83 bits per heavy atom. The molecule has 2 N–H and O–H groups in total. The fourth-order valence-electron chi connectivity index (χ4n) is 3.76. The van der Waals surface area contributed by atoms with Gasteiger partial charge in [0.1, 0.15) is 11.6 Å². The topological polar surface area (TPSA) is 70.2 Å². The molecule has 1 aromatic heterocycles. The van der Waals surface area contributed by atoms with Crippen molar-refractivity contribution in [2.45, 2.75) is 18.9 Å². The van der Waals surface area contributed by atoms with E-state index in [1.165, 1.54) is 18.3 Å². The van der Waals surface area contributed by atoms with E-state index in [1.54, 1.807) is 19.2 Å². The Morgan fingerprint density at radius 1 is 1.24 bits per heavy atom. The molecule has 150 valence electrons. The van der Waals surface area contributed by atoms with Crippen LogP contribution in [0.25, 0.3) is 11.3 Å². The van der Waals surface area contributed by atoms with Crippen molar-refractivity contribution in [2.24, 2.45) is 0 Å². The highest BCUT2D eigenvalue weighted by molar-refractivity contribution is 5.99. The van der Waals surface area contributed by atoms with Gasteiger partial charge in [-0.15, -0.1) is 0 Å². The predicted octanol–water partition coefficient (Wildman–Crippen LogP) is 3.62. The number of rotatable bonds is 5. The van der Waals surface area contributed by atoms with Crippen LogP contribution < -0.4 is 15.0 Å². The molecule has 1 aliphatic heterocycles. The monoisotopic (exact) mass is 394 g/mol. The van der Waals surface area contributed by atoms with Crippen LogP contribution in [0.1, 0.15) is 23.2 Å². The van der Waals surface area contributed by atoms with Gasteiger partial charge in [0, 0.05) is 24.7 Å². The standard InChI is InChI=1S/C22H23FN4O2/c1-29-20-7-3-2-6-19(20)27-12-4-5-17(14-27)25-22(28)18-13-24-26-21(18)15-8-10-16(23)11-9-15/h2-3,6-11,13,17H,4-5,12,14H2,1H3,(H,24,26)(H,25,28). The summed E-state index contributed by atoms with van der Waals surface area (Å²) in [5, 5.41) is 9.99. The summed E-state index contributed by atoms with van der Waals surface area (Å²) < 4.78 is 18.7. The number of aromatic amines is 1. The third-order valence-corrected chi connectivity index (χ3v) is 5.20. The lowest BCUT2D eigenvalue weighted by Crippen LogP contribution is -2.48. The van der Waals surface area contributed by atoms with Crippen LogP contribution in [0.2, 0.25) is 0 Å². The quantitative estimate of drug-likeness (QED) is 0.693. The van der Waals surface area contributed by atoms with Gasteiger partial charge in [0.25, 0.3) is 5.91 Å². The summed E-state index contributed by atoms with van der Waals surface area (Å²) in [6.07, 6.45) is 3.38. The van der Waals surface area contributed by atoms with E-state index in [2.05, 4.69) is 20.4 Å². The number of hydrogen-bond donors (Lipinski definition) is 2. The van der Waals surface area contributed by atoms with Gasteiger partial charge in [0.2, 0.25) is 0 Å². The van der Waals surface area contributed by atoms with Gasteiger partial charge >= 0.3 is 0 Å². The Kier molecular flexibility index (Phi) is 5.46. The van der Waals surface area contributed by atoms with Crippen LogP contribution in [0.15, 0.2) is 54.7 Å². The molecule has 0 saturated carbocycles. The molecule has 1 unspecified atom stereocenters. The first-order chi connectivity index (χ1) is 14.2. The number of carbonyl (C=O) groups is 1. The summed E-state index contributed by atoms with van der Waals surface area (Å²) in [7, 11) is 1.66. The smallest absolute Gasteiger partial charge is 0.255 e. The second-order valence-electron chi connectivity index (χ2n) is 7.10. The van der Waals surface area contributed by atoms with Gasteiger partial charge in [-0.05, 0) is 49.2 Å². The fraction of sp³-hybridized carbons (Fsp3) is 0.273. The summed E-state index contributed by atoms with van der Waals surface area (Å²) in [5.41, 5.74) is 2.78. The van der Waals surface area contributed by atoms with Gasteiger partial charge in [-0.1, -0.05) is 12.1 Å². The minimum Gasteiger partial charge on any atom is -0.495 e. The number of ether oxygens (including phenoxy) is 1. The van der Waals surface area contributed by atoms with E-state index < -0.39 is 0 Å². The average Bonchev–Trinajstić information content (AvgIpc) is 3.24. The number of piperidine rings is 1. The first-order valence-corrected chi connectivity index (χ1v) is 9.64. The van der Waals surface area contributed by atoms with Crippen molar-refractivity contribution < 1.29 is 13.9 Å². The molecule has 6 nitrogen and oxygen atoms in total. The first-order valence-electron chi connectivity index (χ1n) is 9.64. The summed E-state index contributed by atoms with van der Waals surface area (Å²) >= 11 is 0. The Morgan fingerprint density at radius 2 is 2.03 bits per heavy atom. The Bertz CT molecular complexity index is 986. The molecule has 0 aliphatic carbocycles. The molecule has 3 aromatic rings. The summed E-state index contributed by atoms with van der Waals surface area (Å²) in [5.74, 6) is 0.316. The number of H-pyrrole nitrogens is 1. The predicted molar refractivity (Wildman–Crippen MR) is 110 cm³/mol. The van der Waals surface area contributed by atoms with Crippen LogP contribution in [-0.4, -0.2) is 42.3 Å². The maximum atomic E-state index is 13.2. The Hall–Kier alpha value is -3.35. The Labute approximate surface area is 168 Å². The van der Waals surface area contributed by atoms with Crippen molar-refractivity contribution >= 4 is 11.6 Å². The number of methoxy groups -OCH3 is 1. The molecule has 0 bridgehead atoms. The second kappa shape index (κ2) is 8.34. The molecule has 4 rings (SSSR count). The number of carbonyl (C=O) groups excluding carboxylic acids is 1. The second-order valence-corrected chi connectivity index (χ2v) is 7.10. The molecule has 2 heterocycles. The zero-order valence-corrected chi connectivity index (χ0v) is 16.2. The van der Waals surface area contributed by atoms with E-state index in [1.807, 2.05) is 24.3 Å². The minimum absolute atomic E-state index is 0.0112. The van der Waals surface area contributed by atoms with E-state index in [0.29, 0.717) is 23.4 Å². The van der Waals surface area contributed by atoms with E-state index in [-0.39, 0.29) is 17.8 Å². The highest BCUT2D eigenvalue weighted by atomic mass is 19.1. The van der Waals surface area contributed by atoms with Crippen molar-refractivity contribution in [3.05, 3.63) is 66.1 Å². The van der Waals surface area contributed by atoms with Crippen molar-refractivity contribution in [3.63, 3.8) is 0 Å². The van der Waals surface area contributed by atoms with Gasteiger partial charge < -0.3 is 15.0 Å². The SMILES string of the molecule is COc1ccccc1N1CCCC(NC(=O)c2cn[nH]c2-c2ccc(F)cc2)C1. The number of halogens is 1. The lowest BCUT2D eigenvalue weighted by atomic mass is 10.0. The van der Waals surface area contributed by atoms with Crippen LogP contribution >= 0.6 is 0 Å². The van der Waals surface area contributed by atoms with Gasteiger partial charge in [0.05, 0.1) is 30.3 Å². The third-order valence-electron chi connectivity index (χ3n) is 5.20. The first kappa shape index (κ1) is 19.0. The Balaban J connectivity index is 1.48. The number of nitrogens with zero attached hydrogens (tertiary/aromatic N) is 2. The van der Waals surface area contributed by atoms with Crippen molar-refractivity contribution in [1.82, 2.24) is 15.5 Å². The van der Waals surface area contributed by atoms with Gasteiger partial charge in [-0.3, -0.25) is 9.89 Å². The molecule has 29 heavy (non-hydrogen) atoms. The van der Waals surface area contributed by atoms with E-state index in [9.17, 15) is 9.18 Å². The zero-order chi connectivity index (χ0) is 20.2. The number of aromatic nitrogens is 2. The fourth-order valence-corrected chi connectivity index (χ4v) is 3.76. The van der Waals surface area contributed by atoms with Crippen molar-refractivity contribution in [1.29, 1.82) is 0 Å². The molecule has 1 saturated heterocycles. The van der Waals surface area contributed by atoms with Crippen LogP contribution in [-0.2, 0) is 0 Å². The number of benzene rings is 2. The molecule has 1 amide bonds. The van der Waals surface area contributed by atoms with Gasteiger partial charge in [-0.25, -0.2) is 4.39 Å². The molecule has 1 aliphatic rings. The molecule has 1 atom stereocenters. The normalized spacial score (nSPS) is 16.5. The zero-order valence-electron chi connectivity index (χ0n) is 16.2. The molecular formula is C22H23FN4O2. The third kappa shape index (κ3) is 4.08. The maximum absolute atomic E-state index is 13.2. The van der Waals surface area contributed by atoms with Gasteiger partial charge in [-0.2, -0.15) is 5.10 Å². The highest BCUT2D eigenvalue weighted by Crippen LogP contribution is 2.30. The van der Waals surface area contributed by atoms with Crippen LogP contribution in [0, 0.1) is 5.82 Å². The summed E-state index contributed by atoms with van der Waals surface area (Å²) in [4.78, 5) is 15.2. The van der Waals surface area contributed by atoms with E-state index in [4.69, 9.17) is 4.74 Å². The largest absolute Gasteiger partial charge is 0.495 e. The van der Waals surface area contributed by atoms with Crippen LogP contribution in [0.4, 0.5) is 10.1 Å². The summed E-state index contributed by atoms with van der Waals surface area (Å²) in [6, 6.07) is 13.9. The number of hydrogen-bond acceptors (Lipinski definition) is 4. The van der Waals surface area contributed by atoms with Crippen molar-refractivity contribution in [3.8, 4) is 17.0 Å². The van der Waals surface area contributed by atoms with Crippen LogP contribution in [0.5, 0.6) is 5.75 Å². The number of para-hydroxylation sites is 2. The maximum Gasteiger partial charge on any atom is 0.255 e. The molecular weight excluding hydrogens is 371 g/mol. The van der Waals surface area contributed by atoms with Gasteiger partial charge in [0.15, 0.2) is 0 Å². The number of anilines is 1. The average molecular weight is 394 g/mol. The lowest BCUT2D eigenvalue weighted by molar-refractivity contribution is 0.0934. The lowest BCUT2D eigenvalue weighted by Gasteiger charge is -2.35. The number of amides is 1. The molecule has 1 fully saturated rings. The van der Waals surface area contributed by atoms with E-state index in [0.717, 1.165) is 30.8 Å². The molecule has 7 heteroatoms. The summed E-state index contributed by atoms with van der Waals surface area (Å²) in [6.45, 7) is 1.62. The van der Waals surface area contributed by atoms with Crippen LogP contribution in [0.3, 0.4) is 0 Å². The molecule has 2 aromatic carbocycles.